The van der Waals surface area contributed by atoms with Crippen LogP contribution in [0.1, 0.15) is 50.2 Å². The second-order valence-electron chi connectivity index (χ2n) is 5.97. The topological polar surface area (TPSA) is 17.1 Å². The zero-order valence-corrected chi connectivity index (χ0v) is 12.2. The average Bonchev–Trinajstić information content (AvgIpc) is 2.47. The maximum Gasteiger partial charge on any atom is 0.416 e. The van der Waals surface area contributed by atoms with E-state index in [0.29, 0.717) is 11.5 Å². The normalized spacial score (nSPS) is 23.0. The Morgan fingerprint density at radius 2 is 1.86 bits per heavy atom. The highest BCUT2D eigenvalue weighted by atomic mass is 19.4. The van der Waals surface area contributed by atoms with Crippen LogP contribution in [0, 0.1) is 11.8 Å². The maximum absolute atomic E-state index is 12.7. The summed E-state index contributed by atoms with van der Waals surface area (Å²) in [6.07, 6.45) is 0.815. The summed E-state index contributed by atoms with van der Waals surface area (Å²) in [4.78, 5) is 12.2. The fourth-order valence-electron chi connectivity index (χ4n) is 3.10. The number of benzene rings is 1. The van der Waals surface area contributed by atoms with Crippen molar-refractivity contribution in [3.05, 3.63) is 35.4 Å². The Kier molecular flexibility index (Phi) is 5.07. The molecular formula is C17H21F3O. The predicted octanol–water partition coefficient (Wildman–Crippen LogP) is 5.03. The van der Waals surface area contributed by atoms with Crippen molar-refractivity contribution in [3.63, 3.8) is 0 Å². The van der Waals surface area contributed by atoms with Crippen molar-refractivity contribution in [1.82, 2.24) is 0 Å². The molecule has 1 aromatic carbocycles. The smallest absolute Gasteiger partial charge is 0.299 e. The van der Waals surface area contributed by atoms with Gasteiger partial charge in [-0.15, -0.1) is 0 Å². The third-order valence-electron chi connectivity index (χ3n) is 4.51. The molecule has 2 rings (SSSR count). The highest BCUT2D eigenvalue weighted by Crippen LogP contribution is 2.33. The number of hydrogen-bond donors (Lipinski definition) is 0. The minimum Gasteiger partial charge on any atom is -0.299 e. The van der Waals surface area contributed by atoms with E-state index in [1.54, 1.807) is 6.07 Å². The van der Waals surface area contributed by atoms with Gasteiger partial charge in [0.15, 0.2) is 0 Å². The number of carbonyl (C=O) groups is 1. The van der Waals surface area contributed by atoms with Crippen LogP contribution in [0.25, 0.3) is 0 Å². The summed E-state index contributed by atoms with van der Waals surface area (Å²) in [7, 11) is 0. The number of halogens is 3. The molecule has 0 saturated heterocycles. The Labute approximate surface area is 123 Å². The highest BCUT2D eigenvalue weighted by Gasteiger charge is 2.31. The van der Waals surface area contributed by atoms with Gasteiger partial charge in [-0.1, -0.05) is 31.5 Å². The van der Waals surface area contributed by atoms with Crippen LogP contribution in [0.15, 0.2) is 24.3 Å². The van der Waals surface area contributed by atoms with Gasteiger partial charge in [-0.3, -0.25) is 4.79 Å². The summed E-state index contributed by atoms with van der Waals surface area (Å²) >= 11 is 0. The van der Waals surface area contributed by atoms with Gasteiger partial charge in [0.05, 0.1) is 5.56 Å². The molecule has 21 heavy (non-hydrogen) atoms. The molecule has 0 atom stereocenters. The highest BCUT2D eigenvalue weighted by molar-refractivity contribution is 5.83. The molecule has 1 saturated carbocycles. The SMILES string of the molecule is CCC1CCC(C(=O)Cc2cccc(C(F)(F)F)c2)CC1. The zero-order valence-electron chi connectivity index (χ0n) is 12.2. The first-order valence-corrected chi connectivity index (χ1v) is 7.59. The van der Waals surface area contributed by atoms with E-state index >= 15 is 0 Å². The lowest BCUT2D eigenvalue weighted by Gasteiger charge is -2.26. The molecule has 1 fully saturated rings. The maximum atomic E-state index is 12.7. The van der Waals surface area contributed by atoms with Gasteiger partial charge in [0.1, 0.15) is 5.78 Å². The van der Waals surface area contributed by atoms with Crippen LogP contribution in [0.4, 0.5) is 13.2 Å². The first-order valence-electron chi connectivity index (χ1n) is 7.59. The van der Waals surface area contributed by atoms with Crippen LogP contribution in [-0.2, 0) is 17.4 Å². The monoisotopic (exact) mass is 298 g/mol. The summed E-state index contributed by atoms with van der Waals surface area (Å²) in [5.41, 5.74) is -0.213. The third-order valence-corrected chi connectivity index (χ3v) is 4.51. The van der Waals surface area contributed by atoms with Crippen LogP contribution in [0.5, 0.6) is 0 Å². The van der Waals surface area contributed by atoms with Gasteiger partial charge >= 0.3 is 6.18 Å². The van der Waals surface area contributed by atoms with Crippen molar-refractivity contribution in [3.8, 4) is 0 Å². The van der Waals surface area contributed by atoms with E-state index in [9.17, 15) is 18.0 Å². The van der Waals surface area contributed by atoms with Crippen LogP contribution in [-0.4, -0.2) is 5.78 Å². The van der Waals surface area contributed by atoms with Crippen molar-refractivity contribution in [2.75, 3.05) is 0 Å². The summed E-state index contributed by atoms with van der Waals surface area (Å²) in [5.74, 6) is 0.828. The van der Waals surface area contributed by atoms with E-state index in [2.05, 4.69) is 6.92 Å². The van der Waals surface area contributed by atoms with E-state index in [0.717, 1.165) is 44.2 Å². The van der Waals surface area contributed by atoms with Crippen LogP contribution in [0.2, 0.25) is 0 Å². The Morgan fingerprint density at radius 1 is 1.19 bits per heavy atom. The van der Waals surface area contributed by atoms with Gasteiger partial charge in [0, 0.05) is 12.3 Å². The first-order chi connectivity index (χ1) is 9.90. The number of rotatable bonds is 4. The Bertz CT molecular complexity index is 485. The molecule has 0 radical (unpaired) electrons. The Hall–Kier alpha value is -1.32. The number of ketones is 1. The van der Waals surface area contributed by atoms with E-state index < -0.39 is 11.7 Å². The molecule has 1 aromatic rings. The fraction of sp³-hybridized carbons (Fsp3) is 0.588. The lowest BCUT2D eigenvalue weighted by atomic mass is 9.78. The minimum atomic E-state index is -4.35. The second-order valence-corrected chi connectivity index (χ2v) is 5.97. The summed E-state index contributed by atoms with van der Waals surface area (Å²) < 4.78 is 38.0. The van der Waals surface area contributed by atoms with Crippen molar-refractivity contribution >= 4 is 5.78 Å². The van der Waals surface area contributed by atoms with Crippen LogP contribution in [0.3, 0.4) is 0 Å². The molecule has 1 nitrogen and oxygen atoms in total. The third kappa shape index (κ3) is 4.32. The van der Waals surface area contributed by atoms with Crippen molar-refractivity contribution in [1.29, 1.82) is 0 Å². The molecule has 0 bridgehead atoms. The Balaban J connectivity index is 1.97. The average molecular weight is 298 g/mol. The van der Waals surface area contributed by atoms with E-state index in [-0.39, 0.29) is 18.1 Å². The number of Topliss-reactive ketones (excluding diaryl/α,β-unsaturated/α-hetero) is 1. The second kappa shape index (κ2) is 6.63. The molecule has 116 valence electrons. The molecule has 0 unspecified atom stereocenters. The van der Waals surface area contributed by atoms with Crippen molar-refractivity contribution in [2.24, 2.45) is 11.8 Å². The van der Waals surface area contributed by atoms with Crippen LogP contribution >= 0.6 is 0 Å². The molecule has 0 aliphatic heterocycles. The van der Waals surface area contributed by atoms with Crippen molar-refractivity contribution in [2.45, 2.75) is 51.6 Å². The molecule has 0 spiro atoms. The van der Waals surface area contributed by atoms with Gasteiger partial charge in [0.2, 0.25) is 0 Å². The predicted molar refractivity (Wildman–Crippen MR) is 75.9 cm³/mol. The quantitative estimate of drug-likeness (QED) is 0.761. The summed E-state index contributed by atoms with van der Waals surface area (Å²) in [6.45, 7) is 2.16. The molecule has 0 heterocycles. The van der Waals surface area contributed by atoms with Crippen LogP contribution < -0.4 is 0 Å². The van der Waals surface area contributed by atoms with Gasteiger partial charge < -0.3 is 0 Å². The first kappa shape index (κ1) is 16.1. The Morgan fingerprint density at radius 3 is 2.43 bits per heavy atom. The number of carbonyl (C=O) groups excluding carboxylic acids is 1. The molecular weight excluding hydrogens is 277 g/mol. The van der Waals surface area contributed by atoms with Gasteiger partial charge in [0.25, 0.3) is 0 Å². The minimum absolute atomic E-state index is 0.0299. The molecule has 1 aliphatic rings. The number of hydrogen-bond acceptors (Lipinski definition) is 1. The van der Waals surface area contributed by atoms with E-state index in [1.807, 2.05) is 0 Å². The lowest BCUT2D eigenvalue weighted by Crippen LogP contribution is -2.23. The van der Waals surface area contributed by atoms with E-state index in [1.165, 1.54) is 6.07 Å². The van der Waals surface area contributed by atoms with Gasteiger partial charge in [-0.05, 0) is 43.2 Å². The molecule has 0 amide bonds. The number of alkyl halides is 3. The fourth-order valence-corrected chi connectivity index (χ4v) is 3.10. The zero-order chi connectivity index (χ0) is 15.5. The molecule has 4 heteroatoms. The molecule has 0 N–H and O–H groups in total. The largest absolute Gasteiger partial charge is 0.416 e. The van der Waals surface area contributed by atoms with Gasteiger partial charge in [-0.25, -0.2) is 0 Å². The van der Waals surface area contributed by atoms with Crippen molar-refractivity contribution < 1.29 is 18.0 Å². The summed E-state index contributed by atoms with van der Waals surface area (Å²) in [6, 6.07) is 5.11. The van der Waals surface area contributed by atoms with Gasteiger partial charge in [-0.2, -0.15) is 13.2 Å². The summed E-state index contributed by atoms with van der Waals surface area (Å²) in [5, 5.41) is 0. The molecule has 0 aromatic heterocycles. The van der Waals surface area contributed by atoms with E-state index in [4.69, 9.17) is 0 Å². The standard InChI is InChI=1S/C17H21F3O/c1-2-12-6-8-14(9-7-12)16(21)11-13-4-3-5-15(10-13)17(18,19)20/h3-5,10,12,14H,2,6-9,11H2,1H3. The lowest BCUT2D eigenvalue weighted by molar-refractivity contribution is -0.137. The molecule has 1 aliphatic carbocycles.